The number of thioether (sulfide) groups is 1. The van der Waals surface area contributed by atoms with Gasteiger partial charge in [-0.3, -0.25) is 4.79 Å². The molecular weight excluding hydrogens is 342 g/mol. The lowest BCUT2D eigenvalue weighted by Gasteiger charge is -2.38. The zero-order valence-corrected chi connectivity index (χ0v) is 15.3. The van der Waals surface area contributed by atoms with E-state index in [0.29, 0.717) is 6.61 Å². The van der Waals surface area contributed by atoms with Gasteiger partial charge >= 0.3 is 5.97 Å². The number of nitrogens with zero attached hydrogens (tertiary/aromatic N) is 1. The summed E-state index contributed by atoms with van der Waals surface area (Å²) in [6.07, 6.45) is 20.6. The maximum atomic E-state index is 12.0. The molecule has 4 atom stereocenters. The molecule has 1 aliphatic heterocycles. The quantitative estimate of drug-likeness (QED) is 0.702. The van der Waals surface area contributed by atoms with Crippen LogP contribution < -0.4 is 0 Å². The Hall–Kier alpha value is -2.25. The van der Waals surface area contributed by atoms with Crippen LogP contribution in [0.1, 0.15) is 12.8 Å². The first-order valence-corrected chi connectivity index (χ1v) is 10.2. The molecule has 0 saturated carbocycles. The molecule has 4 unspecified atom stereocenters. The smallest absolute Gasteiger partial charge is 0.319 e. The predicted molar refractivity (Wildman–Crippen MR) is 104 cm³/mol. The highest BCUT2D eigenvalue weighted by Gasteiger charge is 2.39. The SMILES string of the molecule is N#CC1=C2C=CC=CC2C(CSC2CCCOC2=O)C2=CC=CC=CC21. The third-order valence-corrected chi connectivity index (χ3v) is 6.82. The summed E-state index contributed by atoms with van der Waals surface area (Å²) in [7, 11) is 0. The largest absolute Gasteiger partial charge is 0.465 e. The number of hydrogen-bond donors (Lipinski definition) is 0. The van der Waals surface area contributed by atoms with E-state index in [2.05, 4.69) is 42.5 Å². The second-order valence-electron chi connectivity index (χ2n) is 6.90. The first kappa shape index (κ1) is 17.2. The van der Waals surface area contributed by atoms with E-state index in [1.165, 1.54) is 5.57 Å². The molecule has 0 amide bonds. The monoisotopic (exact) mass is 363 g/mol. The standard InChI is InChI=1S/C22H21NO2S/c23-13-19-15-7-2-1-3-8-17(15)20(18-10-5-4-9-16(18)19)14-26-21-11-6-12-25-22(21)24/h1-5,7-10,15,18,20-21H,6,11-12,14H2. The topological polar surface area (TPSA) is 50.1 Å². The molecule has 0 bridgehead atoms. The number of rotatable bonds is 3. The van der Waals surface area contributed by atoms with Crippen LogP contribution in [0.2, 0.25) is 0 Å². The van der Waals surface area contributed by atoms with Crippen molar-refractivity contribution in [3.05, 3.63) is 71.4 Å². The third kappa shape index (κ3) is 3.12. The van der Waals surface area contributed by atoms with Gasteiger partial charge in [-0.05, 0) is 18.4 Å². The molecule has 0 spiro atoms. The zero-order valence-electron chi connectivity index (χ0n) is 14.5. The van der Waals surface area contributed by atoms with Gasteiger partial charge in [-0.25, -0.2) is 0 Å². The predicted octanol–water partition coefficient (Wildman–Crippen LogP) is 4.29. The van der Waals surface area contributed by atoms with Crippen molar-refractivity contribution in [2.24, 2.45) is 17.8 Å². The summed E-state index contributed by atoms with van der Waals surface area (Å²) in [5.74, 6) is 1.29. The molecule has 132 valence electrons. The average Bonchev–Trinajstić information content (AvgIpc) is 2.92. The molecule has 0 aromatic rings. The van der Waals surface area contributed by atoms with Gasteiger partial charge in [-0.15, -0.1) is 11.8 Å². The number of cyclic esters (lactones) is 1. The van der Waals surface area contributed by atoms with Crippen LogP contribution >= 0.6 is 11.8 Å². The van der Waals surface area contributed by atoms with Crippen molar-refractivity contribution in [2.45, 2.75) is 18.1 Å². The van der Waals surface area contributed by atoms with E-state index >= 15 is 0 Å². The molecule has 4 heteroatoms. The molecule has 0 aromatic carbocycles. The van der Waals surface area contributed by atoms with Crippen LogP contribution in [-0.2, 0) is 9.53 Å². The van der Waals surface area contributed by atoms with Gasteiger partial charge in [0.15, 0.2) is 0 Å². The van der Waals surface area contributed by atoms with Crippen molar-refractivity contribution < 1.29 is 9.53 Å². The molecule has 1 fully saturated rings. The maximum Gasteiger partial charge on any atom is 0.319 e. The lowest BCUT2D eigenvalue weighted by molar-refractivity contribution is -0.145. The molecule has 3 nitrogen and oxygen atoms in total. The molecule has 0 radical (unpaired) electrons. The van der Waals surface area contributed by atoms with Gasteiger partial charge in [-0.1, -0.05) is 60.3 Å². The summed E-state index contributed by atoms with van der Waals surface area (Å²) in [6, 6.07) is 2.46. The molecule has 26 heavy (non-hydrogen) atoms. The number of esters is 1. The number of hydrogen-bond acceptors (Lipinski definition) is 4. The van der Waals surface area contributed by atoms with E-state index in [4.69, 9.17) is 4.74 Å². The summed E-state index contributed by atoms with van der Waals surface area (Å²) in [5, 5.41) is 9.74. The van der Waals surface area contributed by atoms with Gasteiger partial charge in [-0.2, -0.15) is 5.26 Å². The molecule has 0 N–H and O–H groups in total. The van der Waals surface area contributed by atoms with Gasteiger partial charge < -0.3 is 4.74 Å². The van der Waals surface area contributed by atoms with Gasteiger partial charge in [0.05, 0.1) is 12.7 Å². The van der Waals surface area contributed by atoms with Crippen LogP contribution in [0.15, 0.2) is 71.4 Å². The van der Waals surface area contributed by atoms with Crippen LogP contribution in [0.25, 0.3) is 0 Å². The van der Waals surface area contributed by atoms with Gasteiger partial charge in [0.2, 0.25) is 0 Å². The summed E-state index contributed by atoms with van der Waals surface area (Å²) in [5.41, 5.74) is 3.25. The fourth-order valence-electron chi connectivity index (χ4n) is 4.16. The van der Waals surface area contributed by atoms with Gasteiger partial charge in [0.1, 0.15) is 5.25 Å². The van der Waals surface area contributed by atoms with Crippen molar-refractivity contribution in [1.29, 1.82) is 5.26 Å². The maximum absolute atomic E-state index is 12.0. The van der Waals surface area contributed by atoms with Crippen LogP contribution in [0.5, 0.6) is 0 Å². The second-order valence-corrected chi connectivity index (χ2v) is 8.14. The van der Waals surface area contributed by atoms with Crippen molar-refractivity contribution in [2.75, 3.05) is 12.4 Å². The fourth-order valence-corrected chi connectivity index (χ4v) is 5.54. The van der Waals surface area contributed by atoms with Crippen LogP contribution in [0.3, 0.4) is 0 Å². The van der Waals surface area contributed by atoms with E-state index in [1.807, 2.05) is 18.2 Å². The zero-order chi connectivity index (χ0) is 17.9. The lowest BCUT2D eigenvalue weighted by Crippen LogP contribution is -2.33. The molecule has 3 aliphatic carbocycles. The number of ether oxygens (including phenoxy) is 1. The van der Waals surface area contributed by atoms with Gasteiger partial charge in [0.25, 0.3) is 0 Å². The number of carbonyl (C=O) groups excluding carboxylic acids is 1. The molecular formula is C22H21NO2S. The highest BCUT2D eigenvalue weighted by Crippen LogP contribution is 2.47. The Kier molecular flexibility index (Phi) is 4.99. The van der Waals surface area contributed by atoms with E-state index < -0.39 is 0 Å². The first-order valence-electron chi connectivity index (χ1n) is 9.12. The van der Waals surface area contributed by atoms with E-state index in [0.717, 1.165) is 29.7 Å². The van der Waals surface area contributed by atoms with Crippen LogP contribution in [0.4, 0.5) is 0 Å². The normalized spacial score (nSPS) is 32.3. The molecule has 4 rings (SSSR count). The second kappa shape index (κ2) is 7.55. The van der Waals surface area contributed by atoms with E-state index in [1.54, 1.807) is 11.8 Å². The summed E-state index contributed by atoms with van der Waals surface area (Å²) in [4.78, 5) is 12.0. The summed E-state index contributed by atoms with van der Waals surface area (Å²) in [6.45, 7) is 0.552. The highest BCUT2D eigenvalue weighted by molar-refractivity contribution is 8.00. The first-order chi connectivity index (χ1) is 12.8. The highest BCUT2D eigenvalue weighted by atomic mass is 32.2. The number of carbonyl (C=O) groups is 1. The Morgan fingerprint density at radius 1 is 1.19 bits per heavy atom. The molecule has 1 heterocycles. The number of fused-ring (bicyclic) bond motifs is 2. The Balaban J connectivity index is 1.66. The van der Waals surface area contributed by atoms with Crippen LogP contribution in [0, 0.1) is 29.1 Å². The molecule has 4 aliphatic rings. The average molecular weight is 363 g/mol. The number of nitriles is 1. The summed E-state index contributed by atoms with van der Waals surface area (Å²) < 4.78 is 5.22. The van der Waals surface area contributed by atoms with Gasteiger partial charge in [0, 0.05) is 29.1 Å². The van der Waals surface area contributed by atoms with Crippen LogP contribution in [-0.4, -0.2) is 23.6 Å². The minimum atomic E-state index is -0.0733. The van der Waals surface area contributed by atoms with E-state index in [9.17, 15) is 10.1 Å². The van der Waals surface area contributed by atoms with Crippen molar-refractivity contribution in [3.8, 4) is 6.07 Å². The third-order valence-electron chi connectivity index (χ3n) is 5.44. The van der Waals surface area contributed by atoms with E-state index in [-0.39, 0.29) is 29.0 Å². The summed E-state index contributed by atoms with van der Waals surface area (Å²) >= 11 is 1.71. The molecule has 0 aromatic heterocycles. The minimum absolute atomic E-state index is 0.0290. The minimum Gasteiger partial charge on any atom is -0.465 e. The fraction of sp³-hybridized carbons (Fsp3) is 0.364. The Morgan fingerprint density at radius 3 is 2.92 bits per heavy atom. The Morgan fingerprint density at radius 2 is 2.08 bits per heavy atom. The van der Waals surface area contributed by atoms with Crippen molar-refractivity contribution in [3.63, 3.8) is 0 Å². The Labute approximate surface area is 158 Å². The molecule has 1 saturated heterocycles. The van der Waals surface area contributed by atoms with Crippen molar-refractivity contribution in [1.82, 2.24) is 0 Å². The number of allylic oxidation sites excluding steroid dienone is 12. The Bertz CT molecular complexity index is 822. The van der Waals surface area contributed by atoms with Crippen molar-refractivity contribution >= 4 is 17.7 Å². The lowest BCUT2D eigenvalue weighted by atomic mass is 9.66.